The maximum Gasteiger partial charge on any atom is 0.231 e. The smallest absolute Gasteiger partial charge is 0.231 e. The summed E-state index contributed by atoms with van der Waals surface area (Å²) in [6.45, 7) is 0.708. The highest BCUT2D eigenvalue weighted by molar-refractivity contribution is 7.17. The molecule has 33 heavy (non-hydrogen) atoms. The van der Waals surface area contributed by atoms with Crippen LogP contribution in [0.5, 0.6) is 0 Å². The first-order chi connectivity index (χ1) is 16.2. The number of para-hydroxylation sites is 2. The molecule has 0 spiro atoms. The average Bonchev–Trinajstić information content (AvgIpc) is 3.58. The molecule has 2 aliphatic rings. The summed E-state index contributed by atoms with van der Waals surface area (Å²) in [4.78, 5) is 40.9. The molecule has 4 aromatic rings. The number of carbonyl (C=O) groups excluding carboxylic acids is 2. The number of anilines is 2. The van der Waals surface area contributed by atoms with Gasteiger partial charge >= 0.3 is 0 Å². The molecule has 4 heterocycles. The summed E-state index contributed by atoms with van der Waals surface area (Å²) < 4.78 is 0. The van der Waals surface area contributed by atoms with Crippen molar-refractivity contribution in [3.63, 3.8) is 0 Å². The molecule has 0 atom stereocenters. The van der Waals surface area contributed by atoms with Crippen LogP contribution >= 0.6 is 22.7 Å². The zero-order valence-corrected chi connectivity index (χ0v) is 19.7. The van der Waals surface area contributed by atoms with Crippen LogP contribution in [0.1, 0.15) is 41.8 Å². The molecule has 2 amide bonds. The van der Waals surface area contributed by atoms with Gasteiger partial charge in [0.2, 0.25) is 11.8 Å². The van der Waals surface area contributed by atoms with Gasteiger partial charge in [0.05, 0.1) is 28.7 Å². The van der Waals surface area contributed by atoms with E-state index in [4.69, 9.17) is 4.98 Å². The summed E-state index contributed by atoms with van der Waals surface area (Å²) in [7, 11) is 0. The molecular weight excluding hydrogens is 454 g/mol. The zero-order chi connectivity index (χ0) is 22.4. The highest BCUT2D eigenvalue weighted by Gasteiger charge is 2.26. The van der Waals surface area contributed by atoms with E-state index in [-0.39, 0.29) is 18.2 Å². The van der Waals surface area contributed by atoms with Gasteiger partial charge in [0.15, 0.2) is 5.13 Å². The Hall–Kier alpha value is -3.04. The van der Waals surface area contributed by atoms with Crippen molar-refractivity contribution in [1.82, 2.24) is 15.0 Å². The molecule has 0 radical (unpaired) electrons. The van der Waals surface area contributed by atoms with E-state index < -0.39 is 0 Å². The number of nitrogens with zero attached hydrogens (tertiary/aromatic N) is 3. The van der Waals surface area contributed by atoms with Crippen molar-refractivity contribution in [2.75, 3.05) is 16.8 Å². The van der Waals surface area contributed by atoms with Crippen LogP contribution in [0.25, 0.3) is 22.4 Å². The van der Waals surface area contributed by atoms with Crippen molar-refractivity contribution in [3.8, 4) is 11.4 Å². The minimum atomic E-state index is -0.101. The Bertz CT molecular complexity index is 1340. The number of hydrogen-bond acceptors (Lipinski definition) is 6. The van der Waals surface area contributed by atoms with Gasteiger partial charge in [-0.25, -0.2) is 9.97 Å². The van der Waals surface area contributed by atoms with Gasteiger partial charge in [0.1, 0.15) is 10.8 Å². The molecule has 7 nitrogen and oxygen atoms in total. The molecule has 9 heteroatoms. The summed E-state index contributed by atoms with van der Waals surface area (Å²) in [6.07, 6.45) is 6.00. The fraction of sp³-hybridized carbons (Fsp3) is 0.333. The van der Waals surface area contributed by atoms with Gasteiger partial charge in [-0.3, -0.25) is 14.5 Å². The number of amides is 2. The quantitative estimate of drug-likeness (QED) is 0.426. The van der Waals surface area contributed by atoms with Crippen LogP contribution in [0.3, 0.4) is 0 Å². The highest BCUT2D eigenvalue weighted by atomic mass is 32.1. The summed E-state index contributed by atoms with van der Waals surface area (Å²) in [6, 6.07) is 8.00. The molecule has 1 aliphatic carbocycles. The monoisotopic (exact) mass is 477 g/mol. The number of benzene rings is 1. The predicted octanol–water partition coefficient (Wildman–Crippen LogP) is 4.93. The molecule has 0 bridgehead atoms. The van der Waals surface area contributed by atoms with E-state index in [2.05, 4.69) is 15.3 Å². The molecular formula is C24H23N5O2S2. The lowest BCUT2D eigenvalue weighted by Crippen LogP contribution is -2.23. The van der Waals surface area contributed by atoms with Crippen LogP contribution < -0.4 is 10.2 Å². The van der Waals surface area contributed by atoms with Crippen LogP contribution in [-0.2, 0) is 28.9 Å². The van der Waals surface area contributed by atoms with Crippen molar-refractivity contribution in [2.24, 2.45) is 0 Å². The van der Waals surface area contributed by atoms with Gasteiger partial charge in [-0.05, 0) is 49.8 Å². The third-order valence-corrected chi connectivity index (χ3v) is 8.36. The number of thiophene rings is 1. The van der Waals surface area contributed by atoms with Gasteiger partial charge in [0, 0.05) is 23.2 Å². The van der Waals surface area contributed by atoms with E-state index in [0.29, 0.717) is 23.8 Å². The average molecular weight is 478 g/mol. The van der Waals surface area contributed by atoms with Gasteiger partial charge in [-0.1, -0.05) is 12.1 Å². The Labute approximate surface area is 198 Å². The predicted molar refractivity (Wildman–Crippen MR) is 132 cm³/mol. The number of imidazole rings is 1. The molecule has 0 saturated carbocycles. The van der Waals surface area contributed by atoms with Crippen LogP contribution in [-0.4, -0.2) is 33.3 Å². The van der Waals surface area contributed by atoms with Gasteiger partial charge < -0.3 is 10.3 Å². The highest BCUT2D eigenvalue weighted by Crippen LogP contribution is 2.43. The third kappa shape index (κ3) is 3.85. The van der Waals surface area contributed by atoms with E-state index >= 15 is 0 Å². The minimum Gasteiger partial charge on any atom is -0.338 e. The minimum absolute atomic E-state index is 0.101. The Kier molecular flexibility index (Phi) is 5.22. The van der Waals surface area contributed by atoms with E-state index in [9.17, 15) is 9.59 Å². The van der Waals surface area contributed by atoms with E-state index in [1.165, 1.54) is 28.2 Å². The van der Waals surface area contributed by atoms with Gasteiger partial charge in [-0.2, -0.15) is 0 Å². The maximum atomic E-state index is 13.0. The molecule has 1 aliphatic heterocycles. The van der Waals surface area contributed by atoms with Gasteiger partial charge in [0.25, 0.3) is 0 Å². The normalized spacial score (nSPS) is 15.9. The molecule has 2 N–H and O–H groups in total. The number of rotatable bonds is 5. The SMILES string of the molecule is O=C(Cc1csc(N2CCCC2=O)n1)Nc1sc2c(c1-c1nc3ccccc3[nH]1)CCCC2. The first-order valence-corrected chi connectivity index (χ1v) is 13.0. The standard InChI is InChI=1S/C24H23N5O2S2/c30-19(12-14-13-32-24(25-14)29-11-5-10-20(29)31)28-23-21(15-6-1-4-9-18(15)33-23)22-26-16-7-2-3-8-17(16)27-22/h2-3,7-8,13H,1,4-6,9-12H2,(H,26,27)(H,28,30). The van der Waals surface area contributed by atoms with Crippen LogP contribution in [0, 0.1) is 0 Å². The number of carbonyl (C=O) groups is 2. The second-order valence-corrected chi connectivity index (χ2v) is 10.5. The lowest BCUT2D eigenvalue weighted by atomic mass is 9.95. The largest absolute Gasteiger partial charge is 0.338 e. The number of hydrogen-bond donors (Lipinski definition) is 2. The van der Waals surface area contributed by atoms with E-state index in [1.807, 2.05) is 29.6 Å². The summed E-state index contributed by atoms with van der Waals surface area (Å²) in [5.74, 6) is 0.824. The maximum absolute atomic E-state index is 13.0. The van der Waals surface area contributed by atoms with Crippen molar-refractivity contribution in [3.05, 3.63) is 45.8 Å². The second kappa shape index (κ2) is 8.39. The Morgan fingerprint density at radius 2 is 2.00 bits per heavy atom. The summed E-state index contributed by atoms with van der Waals surface area (Å²) >= 11 is 3.09. The van der Waals surface area contributed by atoms with Crippen LogP contribution in [0.15, 0.2) is 29.6 Å². The van der Waals surface area contributed by atoms with Crippen molar-refractivity contribution in [2.45, 2.75) is 44.9 Å². The fourth-order valence-electron chi connectivity index (χ4n) is 4.66. The lowest BCUT2D eigenvalue weighted by molar-refractivity contribution is -0.117. The number of nitrogens with one attached hydrogen (secondary N) is 2. The summed E-state index contributed by atoms with van der Waals surface area (Å²) in [5, 5.41) is 6.57. The number of H-pyrrole nitrogens is 1. The van der Waals surface area contributed by atoms with Gasteiger partial charge in [-0.15, -0.1) is 22.7 Å². The Morgan fingerprint density at radius 1 is 1.12 bits per heavy atom. The Balaban J connectivity index is 1.27. The fourth-order valence-corrected chi connectivity index (χ4v) is 6.84. The lowest BCUT2D eigenvalue weighted by Gasteiger charge is -2.12. The molecule has 6 rings (SSSR count). The Morgan fingerprint density at radius 3 is 2.85 bits per heavy atom. The molecule has 1 fully saturated rings. The number of thiazole rings is 1. The molecule has 1 saturated heterocycles. The van der Waals surface area contributed by atoms with Crippen molar-refractivity contribution >= 4 is 55.7 Å². The molecule has 0 unspecified atom stereocenters. The first-order valence-electron chi connectivity index (χ1n) is 11.3. The topological polar surface area (TPSA) is 91.0 Å². The summed E-state index contributed by atoms with van der Waals surface area (Å²) in [5.41, 5.74) is 4.95. The van der Waals surface area contributed by atoms with E-state index in [1.54, 1.807) is 16.2 Å². The third-order valence-electron chi connectivity index (χ3n) is 6.24. The number of aromatic nitrogens is 3. The van der Waals surface area contributed by atoms with Crippen molar-refractivity contribution < 1.29 is 9.59 Å². The molecule has 168 valence electrons. The molecule has 3 aromatic heterocycles. The zero-order valence-electron chi connectivity index (χ0n) is 18.0. The second-order valence-electron chi connectivity index (χ2n) is 8.51. The van der Waals surface area contributed by atoms with Crippen LogP contribution in [0.2, 0.25) is 0 Å². The van der Waals surface area contributed by atoms with Crippen LogP contribution in [0.4, 0.5) is 10.1 Å². The molecule has 1 aromatic carbocycles. The number of aromatic amines is 1. The number of aryl methyl sites for hydroxylation is 1. The van der Waals surface area contributed by atoms with Crippen molar-refractivity contribution in [1.29, 1.82) is 0 Å². The van der Waals surface area contributed by atoms with E-state index in [0.717, 1.165) is 53.1 Å². The number of fused-ring (bicyclic) bond motifs is 2. The first kappa shape index (κ1) is 20.6.